The van der Waals surface area contributed by atoms with Crippen molar-refractivity contribution in [3.8, 4) is 71.0 Å². The Bertz CT molecular complexity index is 3500. The van der Waals surface area contributed by atoms with Crippen LogP contribution < -0.4 is 5.73 Å². The molecule has 686 valence electrons. The molecule has 0 saturated carbocycles. The second kappa shape index (κ2) is 80.3. The van der Waals surface area contributed by atoms with Gasteiger partial charge in [-0.2, -0.15) is 43.2 Å². The van der Waals surface area contributed by atoms with Gasteiger partial charge in [-0.05, 0) is 18.8 Å². The molecular formula is C71H152B7F6N17O15S2. The third-order valence-corrected chi connectivity index (χ3v) is 19.9. The summed E-state index contributed by atoms with van der Waals surface area (Å²) in [5.41, 5.74) is 19.1. The Morgan fingerprint density at radius 2 is 0.763 bits per heavy atom. The van der Waals surface area contributed by atoms with Crippen LogP contribution in [0.2, 0.25) is 0 Å². The minimum Gasteiger partial charge on any atom is -0.188 e. The summed E-state index contributed by atoms with van der Waals surface area (Å²) in [7, 11) is -7.88. The van der Waals surface area contributed by atoms with Crippen LogP contribution in [0, 0.1) is 108 Å². The smallest absolute Gasteiger partial charge is 0.188 e. The van der Waals surface area contributed by atoms with Crippen molar-refractivity contribution in [3.05, 3.63) is 31.3 Å². The number of nitrogens with two attached hydrogens (primary N) is 1. The number of hydrogen-bond acceptors (Lipinski definition) is 26. The van der Waals surface area contributed by atoms with Crippen LogP contribution in [0.1, 0.15) is 296 Å². The van der Waals surface area contributed by atoms with Crippen LogP contribution in [0.15, 0.2) is 15.3 Å². The molecule has 0 bridgehead atoms. The Morgan fingerprint density at radius 1 is 0.458 bits per heavy atom. The number of hydrogen-bond donors (Lipinski definition) is 10. The number of halogens is 6. The van der Waals surface area contributed by atoms with E-state index in [9.17, 15) is 53.4 Å². The zero-order valence-corrected chi connectivity index (χ0v) is 70.3. The SMILES string of the molecule is CC#CC#CC#CC#CC#CC#C[C@H]1OC[C@H](N=[N+]=[N-])[C@@H]1OB=N.CCCCCCCCCCCCC[C@@H](OB=N)[C@@H](OB=N)[C@@H](N)CO.CCCCCCCCCCCCC[C@@H](OB=N)[C@@H](OB=N)[C@H](CC)N=[N+]=[N-].CCCCCCCCCCCCC[C@@H](OB=N)[C@@H](OB=N)[C@H](CO)N=[N+]=[N-].O=S(=O)(OS(=O)(=O)C(F)(F)F)C(F)(F)F.[HH].[HH].[HH].[HH].[HH].[HH].[HH].[HH].[HH].[HH].[HH].[HH].[HH].[HH].[HH].[HH].[HH]. The van der Waals surface area contributed by atoms with E-state index >= 15 is 0 Å². The quantitative estimate of drug-likeness (QED) is 0.00395. The predicted octanol–water partition coefficient (Wildman–Crippen LogP) is 20.5. The average molecular weight is 1740 g/mol. The van der Waals surface area contributed by atoms with E-state index < -0.39 is 105 Å². The van der Waals surface area contributed by atoms with Crippen LogP contribution in [-0.2, 0) is 61.2 Å². The number of nitrogens with zero attached hydrogens (tertiary/aromatic N) is 9. The van der Waals surface area contributed by atoms with Gasteiger partial charge >= 0.3 is 571 Å². The molecular weight excluding hydrogens is 1580 g/mol. The van der Waals surface area contributed by atoms with Gasteiger partial charge in [-0.1, -0.05) is 65.2 Å². The summed E-state index contributed by atoms with van der Waals surface area (Å²) < 4.78 is 152. The zero-order valence-electron chi connectivity index (χ0n) is 68.6. The van der Waals surface area contributed by atoms with Gasteiger partial charge in [0.1, 0.15) is 0 Å². The Morgan fingerprint density at radius 3 is 1.05 bits per heavy atom. The number of unbranched alkanes of at least 4 members (excludes halogenated alkanes) is 30. The van der Waals surface area contributed by atoms with E-state index in [4.69, 9.17) is 96.8 Å². The summed E-state index contributed by atoms with van der Waals surface area (Å²) in [6.07, 6.45) is 39.6. The zero-order chi connectivity index (χ0) is 89.3. The second-order valence-corrected chi connectivity index (χ2v) is 29.5. The van der Waals surface area contributed by atoms with Crippen molar-refractivity contribution in [2.75, 3.05) is 19.8 Å². The number of aliphatic hydroxyl groups excluding tert-OH is 2. The number of ether oxygens (including phenoxy) is 1. The number of nitrogens with one attached hydrogen (secondary N) is 7. The summed E-state index contributed by atoms with van der Waals surface area (Å²) in [6.45, 7) is 9.85. The molecule has 1 heterocycles. The van der Waals surface area contributed by atoms with E-state index in [0.717, 1.165) is 102 Å². The van der Waals surface area contributed by atoms with Gasteiger partial charge in [-0.3, -0.25) is 0 Å². The molecule has 1 fully saturated rings. The van der Waals surface area contributed by atoms with Crippen molar-refractivity contribution in [2.45, 2.75) is 356 Å². The first-order valence-corrected chi connectivity index (χ1v) is 42.5. The van der Waals surface area contributed by atoms with Gasteiger partial charge < -0.3 is 0 Å². The Labute approximate surface area is 724 Å². The molecule has 47 heteroatoms. The number of alkyl halides is 6. The van der Waals surface area contributed by atoms with Crippen LogP contribution in [0.4, 0.5) is 26.3 Å². The molecule has 11 N–H and O–H groups in total. The van der Waals surface area contributed by atoms with E-state index in [0.29, 0.717) is 19.3 Å². The van der Waals surface area contributed by atoms with Crippen LogP contribution in [0.3, 0.4) is 0 Å². The monoisotopic (exact) mass is 1740 g/mol. The summed E-state index contributed by atoms with van der Waals surface area (Å²) in [4.78, 5) is 8.29. The molecule has 0 aromatic rings. The van der Waals surface area contributed by atoms with Crippen molar-refractivity contribution in [1.82, 2.24) is 0 Å². The van der Waals surface area contributed by atoms with Crippen molar-refractivity contribution in [2.24, 2.45) is 21.1 Å². The molecule has 1 rings (SSSR count). The van der Waals surface area contributed by atoms with E-state index in [2.05, 4.69) is 122 Å². The van der Waals surface area contributed by atoms with Gasteiger partial charge in [0.25, 0.3) is 0 Å². The molecule has 0 radical (unpaired) electrons. The summed E-state index contributed by atoms with van der Waals surface area (Å²) in [6, 6.07) is -2.42. The van der Waals surface area contributed by atoms with Gasteiger partial charge in [0, 0.05) is 24.3 Å². The second-order valence-electron chi connectivity index (χ2n) is 26.2. The Kier molecular flexibility index (Phi) is 79.3. The third-order valence-electron chi connectivity index (χ3n) is 17.4. The minimum absolute atomic E-state index is 0. The summed E-state index contributed by atoms with van der Waals surface area (Å²) in [5, 5.41) is 79.5. The number of azide groups is 3. The minimum atomic E-state index is -6.85. The molecule has 0 aromatic heterocycles. The van der Waals surface area contributed by atoms with Crippen molar-refractivity contribution in [1.29, 1.82) is 37.2 Å². The van der Waals surface area contributed by atoms with E-state index in [1.807, 2.05) is 10.6 Å². The Hall–Kier alpha value is -7.78. The molecule has 0 amide bonds. The van der Waals surface area contributed by atoms with Crippen LogP contribution in [0.25, 0.3) is 31.3 Å². The fraction of sp³-hybridized carbons (Fsp3) is 0.831. The van der Waals surface area contributed by atoms with Crippen LogP contribution in [-0.4, -0.2) is 182 Å². The Balaban J connectivity index is -0.0000000620. The van der Waals surface area contributed by atoms with Gasteiger partial charge in [0.2, 0.25) is 0 Å². The fourth-order valence-corrected chi connectivity index (χ4v) is 12.9. The van der Waals surface area contributed by atoms with Crippen LogP contribution >= 0.6 is 0 Å². The fourth-order valence-electron chi connectivity index (χ4n) is 11.3. The molecule has 118 heavy (non-hydrogen) atoms. The normalized spacial score (nSPS) is 15.0. The van der Waals surface area contributed by atoms with Gasteiger partial charge in [0.05, 0.1) is 0 Å². The summed E-state index contributed by atoms with van der Waals surface area (Å²) in [5.74, 6) is 30.5. The molecule has 1 aliphatic heterocycles. The molecule has 0 unspecified atom stereocenters. The van der Waals surface area contributed by atoms with Gasteiger partial charge in [-0.15, -0.1) is 3.63 Å². The largest absolute Gasteiger partial charge is 0.524 e. The molecule has 12 atom stereocenters. The third kappa shape index (κ3) is 62.4. The first kappa shape index (κ1) is 117. The van der Waals surface area contributed by atoms with Gasteiger partial charge in [0.15, 0.2) is 0 Å². The maximum atomic E-state index is 11.4. The predicted molar refractivity (Wildman–Crippen MR) is 477 cm³/mol. The number of aliphatic hydroxyl groups is 2. The molecule has 0 spiro atoms. The first-order chi connectivity index (χ1) is 56.7. The van der Waals surface area contributed by atoms with Gasteiger partial charge in [-0.25, -0.2) is 0 Å². The average Bonchev–Trinajstić information content (AvgIpc) is 1.12. The van der Waals surface area contributed by atoms with E-state index in [1.165, 1.54) is 167 Å². The topological polar surface area (TPSA) is 531 Å². The number of rotatable bonds is 64. The standard InChI is InChI=1S/C18H37B2N5O2.C17H35B2N5O3.C17H37B2N3O3.C17H9BN4O2.C2F6O5S2.17H2/c1-3-5-6-7-8-9-10-11-12-13-14-15-17(26-19-21)18(27-20-22)16(4-2)24-25-23;1-2-3-4-5-6-7-8-9-10-11-12-13-16(26-18-20)17(27-19-21)15(14-25)23-24-22;1-2-3-4-5-6-7-8-9-10-11-12-13-16(24-18-21)17(25-19-22)15(20)14-23;1-2-3-4-5-6-7-8-9-10-11-12-13-16-17(24-18-19)15(14-23-16)21-22-20;3-1(4,5)14(9,10)13-15(11,12)2(6,7)8;;;;;;;;;;;;;;;;;/h16-18,21-22H,3-15H2,1-2H3;15-17,20-21,25H,2-14H2,1H3;15-17,21-23H,2-14,20H2,1H3;15-17,19H,14H2,1H3;;17*1H/t16-,17+,18-;3*15-,16+,17-;;;;;;;;;;;;;;;;;;/m0000................../s1. The van der Waals surface area contributed by atoms with Crippen molar-refractivity contribution in [3.63, 3.8) is 0 Å². The van der Waals surface area contributed by atoms with Crippen molar-refractivity contribution >= 4 is 71.2 Å². The molecule has 32 nitrogen and oxygen atoms in total. The van der Waals surface area contributed by atoms with Crippen molar-refractivity contribution < 1.29 is 119 Å². The molecule has 1 saturated heterocycles. The molecule has 0 aliphatic carbocycles. The van der Waals surface area contributed by atoms with E-state index in [-0.39, 0.29) is 43.6 Å². The summed E-state index contributed by atoms with van der Waals surface area (Å²) >= 11 is 0. The van der Waals surface area contributed by atoms with E-state index in [1.54, 1.807) is 6.92 Å². The maximum Gasteiger partial charge on any atom is 0.524 e. The van der Waals surface area contributed by atoms with Crippen LogP contribution in [0.5, 0.6) is 0 Å². The molecule has 1 aliphatic rings. The molecule has 0 aromatic carbocycles. The first-order valence-electron chi connectivity index (χ1n) is 39.7. The maximum absolute atomic E-state index is 11.4.